The Morgan fingerprint density at radius 3 is 2.62 bits per heavy atom. The number of nitrogens with one attached hydrogen (secondary N) is 2. The number of carbonyl (C=O) groups is 1. The second-order valence-corrected chi connectivity index (χ2v) is 7.04. The molecule has 0 aliphatic carbocycles. The van der Waals surface area contributed by atoms with Gasteiger partial charge in [-0.15, -0.1) is 11.3 Å². The summed E-state index contributed by atoms with van der Waals surface area (Å²) in [5.41, 5.74) is 1.10. The van der Waals surface area contributed by atoms with E-state index in [4.69, 9.17) is 0 Å². The number of aliphatic hydroxyl groups excluding tert-OH is 1. The largest absolute Gasteiger partial charge is 0.393 e. The van der Waals surface area contributed by atoms with Gasteiger partial charge in [0.2, 0.25) is 0 Å². The van der Waals surface area contributed by atoms with Gasteiger partial charge in [0.05, 0.1) is 16.8 Å². The summed E-state index contributed by atoms with van der Waals surface area (Å²) in [6, 6.07) is -0.190. The molecule has 0 bridgehead atoms. The lowest BCUT2D eigenvalue weighted by molar-refractivity contribution is 0.160. The Labute approximate surface area is 131 Å². The molecule has 0 radical (unpaired) electrons. The highest BCUT2D eigenvalue weighted by Gasteiger charge is 2.17. The summed E-state index contributed by atoms with van der Waals surface area (Å²) in [5.74, 6) is 0. The monoisotopic (exact) mass is 313 g/mol. The topological polar surface area (TPSA) is 74.2 Å². The van der Waals surface area contributed by atoms with Crippen LogP contribution in [0.4, 0.5) is 4.79 Å². The molecule has 6 heteroatoms. The van der Waals surface area contributed by atoms with Crippen molar-refractivity contribution in [3.63, 3.8) is 0 Å². The Kier molecular flexibility index (Phi) is 7.11. The first-order valence-electron chi connectivity index (χ1n) is 7.47. The molecular weight excluding hydrogens is 286 g/mol. The van der Waals surface area contributed by atoms with E-state index in [0.29, 0.717) is 25.9 Å². The van der Waals surface area contributed by atoms with Crippen LogP contribution in [-0.2, 0) is 11.8 Å². The first-order chi connectivity index (χ1) is 9.82. The summed E-state index contributed by atoms with van der Waals surface area (Å²) in [4.78, 5) is 16.1. The smallest absolute Gasteiger partial charge is 0.314 e. The average Bonchev–Trinajstić information content (AvgIpc) is 2.87. The van der Waals surface area contributed by atoms with Crippen LogP contribution in [-0.4, -0.2) is 35.3 Å². The van der Waals surface area contributed by atoms with Crippen LogP contribution in [0.5, 0.6) is 0 Å². The second kappa shape index (κ2) is 8.34. The number of carbonyl (C=O) groups excluding carboxylic acids is 1. The summed E-state index contributed by atoms with van der Waals surface area (Å²) in [6.45, 7) is 9.41. The van der Waals surface area contributed by atoms with E-state index < -0.39 is 0 Å². The van der Waals surface area contributed by atoms with Gasteiger partial charge in [0.25, 0.3) is 0 Å². The number of hydrogen-bond donors (Lipinski definition) is 3. The third-order valence-electron chi connectivity index (χ3n) is 3.09. The van der Waals surface area contributed by atoms with Gasteiger partial charge < -0.3 is 15.7 Å². The van der Waals surface area contributed by atoms with Crippen molar-refractivity contribution in [2.24, 2.45) is 0 Å². The van der Waals surface area contributed by atoms with Crippen LogP contribution in [0.3, 0.4) is 0 Å². The van der Waals surface area contributed by atoms with Crippen LogP contribution >= 0.6 is 11.3 Å². The second-order valence-electron chi connectivity index (χ2n) is 6.18. The van der Waals surface area contributed by atoms with E-state index in [1.807, 2.05) is 6.92 Å². The molecule has 0 aromatic carbocycles. The molecule has 2 amide bonds. The molecule has 21 heavy (non-hydrogen) atoms. The minimum absolute atomic E-state index is 0.0772. The van der Waals surface area contributed by atoms with Crippen LogP contribution in [0.15, 0.2) is 5.38 Å². The number of urea groups is 1. The summed E-state index contributed by atoms with van der Waals surface area (Å²) >= 11 is 1.67. The van der Waals surface area contributed by atoms with E-state index in [9.17, 15) is 9.90 Å². The molecule has 120 valence electrons. The molecule has 0 saturated carbocycles. The number of amides is 2. The lowest BCUT2D eigenvalue weighted by Crippen LogP contribution is -2.37. The number of aromatic nitrogens is 1. The van der Waals surface area contributed by atoms with E-state index in [2.05, 4.69) is 41.8 Å². The zero-order valence-corrected chi connectivity index (χ0v) is 14.2. The maximum Gasteiger partial charge on any atom is 0.314 e. The highest BCUT2D eigenvalue weighted by molar-refractivity contribution is 7.09. The van der Waals surface area contributed by atoms with Gasteiger partial charge in [-0.05, 0) is 12.8 Å². The van der Waals surface area contributed by atoms with E-state index in [1.54, 1.807) is 11.3 Å². The molecule has 0 aliphatic heterocycles. The van der Waals surface area contributed by atoms with Crippen molar-refractivity contribution in [3.8, 4) is 0 Å². The molecule has 1 aromatic heterocycles. The van der Waals surface area contributed by atoms with Crippen molar-refractivity contribution < 1.29 is 9.90 Å². The van der Waals surface area contributed by atoms with Gasteiger partial charge in [0.15, 0.2) is 0 Å². The fourth-order valence-corrected chi connectivity index (χ4v) is 2.63. The molecule has 1 rings (SSSR count). The number of nitrogens with zero attached hydrogens (tertiary/aromatic N) is 1. The minimum atomic E-state index is -0.337. The SMILES string of the molecule is CCC(O)CCNC(=O)NCCc1csc(C(C)(C)C)n1. The van der Waals surface area contributed by atoms with Gasteiger partial charge in [0, 0.05) is 30.3 Å². The van der Waals surface area contributed by atoms with E-state index in [1.165, 1.54) is 0 Å². The van der Waals surface area contributed by atoms with Crippen molar-refractivity contribution in [2.75, 3.05) is 13.1 Å². The van der Waals surface area contributed by atoms with Crippen LogP contribution in [0.2, 0.25) is 0 Å². The van der Waals surface area contributed by atoms with Gasteiger partial charge in [-0.25, -0.2) is 9.78 Å². The predicted octanol–water partition coefficient (Wildman–Crippen LogP) is 2.44. The van der Waals surface area contributed by atoms with Crippen molar-refractivity contribution >= 4 is 17.4 Å². The Balaban J connectivity index is 2.21. The van der Waals surface area contributed by atoms with Crippen molar-refractivity contribution in [1.82, 2.24) is 15.6 Å². The van der Waals surface area contributed by atoms with Gasteiger partial charge >= 0.3 is 6.03 Å². The quantitative estimate of drug-likeness (QED) is 0.724. The number of aliphatic hydroxyl groups is 1. The molecule has 0 fully saturated rings. The third-order valence-corrected chi connectivity index (χ3v) is 4.41. The molecule has 1 unspecified atom stereocenters. The van der Waals surface area contributed by atoms with Crippen molar-refractivity contribution in [2.45, 2.75) is 58.5 Å². The van der Waals surface area contributed by atoms with Crippen LogP contribution in [0.25, 0.3) is 0 Å². The van der Waals surface area contributed by atoms with Crippen molar-refractivity contribution in [1.29, 1.82) is 0 Å². The Bertz CT molecular complexity index is 440. The van der Waals surface area contributed by atoms with Crippen LogP contribution < -0.4 is 10.6 Å². The molecule has 1 aromatic rings. The maximum absolute atomic E-state index is 11.5. The molecule has 0 saturated heterocycles. The number of rotatable bonds is 7. The third kappa shape index (κ3) is 6.91. The highest BCUT2D eigenvalue weighted by Crippen LogP contribution is 2.25. The lowest BCUT2D eigenvalue weighted by Gasteiger charge is -2.13. The highest BCUT2D eigenvalue weighted by atomic mass is 32.1. The summed E-state index contributed by atoms with van der Waals surface area (Å²) in [6.07, 6.45) is 1.70. The molecule has 5 nitrogen and oxygen atoms in total. The summed E-state index contributed by atoms with van der Waals surface area (Å²) < 4.78 is 0. The Hall–Kier alpha value is -1.14. The van der Waals surface area contributed by atoms with Crippen LogP contribution in [0.1, 0.15) is 51.2 Å². The maximum atomic E-state index is 11.5. The fourth-order valence-electron chi connectivity index (χ4n) is 1.69. The zero-order chi connectivity index (χ0) is 15.9. The normalized spacial score (nSPS) is 13.0. The molecule has 1 heterocycles. The fraction of sp³-hybridized carbons (Fsp3) is 0.733. The van der Waals surface area contributed by atoms with Gasteiger partial charge in [-0.2, -0.15) is 0 Å². The lowest BCUT2D eigenvalue weighted by atomic mass is 9.98. The Morgan fingerprint density at radius 1 is 1.38 bits per heavy atom. The van der Waals surface area contributed by atoms with E-state index in [0.717, 1.165) is 17.1 Å². The summed E-state index contributed by atoms with van der Waals surface area (Å²) in [7, 11) is 0. The van der Waals surface area contributed by atoms with E-state index in [-0.39, 0.29) is 17.6 Å². The zero-order valence-electron chi connectivity index (χ0n) is 13.4. The molecular formula is C15H27N3O2S. The van der Waals surface area contributed by atoms with Gasteiger partial charge in [0.1, 0.15) is 0 Å². The Morgan fingerprint density at radius 2 is 2.05 bits per heavy atom. The molecule has 1 atom stereocenters. The van der Waals surface area contributed by atoms with Crippen molar-refractivity contribution in [3.05, 3.63) is 16.1 Å². The number of hydrogen-bond acceptors (Lipinski definition) is 4. The standard InChI is InChI=1S/C15H27N3O2S/c1-5-12(19)7-9-17-14(20)16-8-6-11-10-21-13(18-11)15(2,3)4/h10,12,19H,5-9H2,1-4H3,(H2,16,17,20). The molecule has 3 N–H and O–H groups in total. The van der Waals surface area contributed by atoms with Gasteiger partial charge in [-0.1, -0.05) is 27.7 Å². The molecule has 0 spiro atoms. The molecule has 0 aliphatic rings. The summed E-state index contributed by atoms with van der Waals surface area (Å²) in [5, 5.41) is 18.1. The number of thiazole rings is 1. The first kappa shape index (κ1) is 17.9. The average molecular weight is 313 g/mol. The van der Waals surface area contributed by atoms with Gasteiger partial charge in [-0.3, -0.25) is 0 Å². The first-order valence-corrected chi connectivity index (χ1v) is 8.35. The van der Waals surface area contributed by atoms with Crippen LogP contribution in [0, 0.1) is 0 Å². The minimum Gasteiger partial charge on any atom is -0.393 e. The predicted molar refractivity (Wildman–Crippen MR) is 86.8 cm³/mol. The van der Waals surface area contributed by atoms with E-state index >= 15 is 0 Å².